The van der Waals surface area contributed by atoms with Gasteiger partial charge in [0.25, 0.3) is 5.91 Å². The number of hydrogen-bond donors (Lipinski definition) is 1. The summed E-state index contributed by atoms with van der Waals surface area (Å²) in [4.78, 5) is 15.1. The zero-order chi connectivity index (χ0) is 19.6. The van der Waals surface area contributed by atoms with E-state index in [1.807, 2.05) is 41.3 Å². The molecule has 0 heterocycles. The molecule has 2 aromatic rings. The predicted octanol–water partition coefficient (Wildman–Crippen LogP) is 3.85. The average molecular weight is 405 g/mol. The van der Waals surface area contributed by atoms with Gasteiger partial charge in [0.15, 0.2) is 11.5 Å². The molecule has 5 nitrogen and oxygen atoms in total. The Morgan fingerprint density at radius 3 is 2.46 bits per heavy atom. The number of allylic oxidation sites excluding steroid dienone is 1. The van der Waals surface area contributed by atoms with Gasteiger partial charge < -0.3 is 20.1 Å². The molecule has 0 aliphatic rings. The minimum absolute atomic E-state index is 0. The van der Waals surface area contributed by atoms with Crippen molar-refractivity contribution in [2.45, 2.75) is 19.4 Å². The molecule has 0 fully saturated rings. The van der Waals surface area contributed by atoms with Gasteiger partial charge in [-0.25, -0.2) is 0 Å². The van der Waals surface area contributed by atoms with Crippen LogP contribution in [0.5, 0.6) is 11.5 Å². The molecule has 0 radical (unpaired) electrons. The van der Waals surface area contributed by atoms with Gasteiger partial charge in [0.2, 0.25) is 0 Å². The highest BCUT2D eigenvalue weighted by molar-refractivity contribution is 5.95. The number of rotatable bonds is 10. The Morgan fingerprint density at radius 1 is 1.18 bits per heavy atom. The van der Waals surface area contributed by atoms with Crippen LogP contribution < -0.4 is 15.2 Å². The standard InChI is InChI=1S/C22H28N2O3.ClH/c1-4-9-18-14-19(15-20(26-2)21(18)27-3)22(25)24(13-8-12-23)16-17-10-6-5-7-11-17;/h4-7,10-11,14-15H,1,8-9,12-13,16,23H2,2-3H3;1H. The molecule has 1 amide bonds. The Bertz CT molecular complexity index is 766. The van der Waals surface area contributed by atoms with Gasteiger partial charge in [-0.2, -0.15) is 0 Å². The molecule has 0 aromatic heterocycles. The van der Waals surface area contributed by atoms with E-state index in [0.717, 1.165) is 17.5 Å². The Kier molecular flexibility index (Phi) is 10.1. The summed E-state index contributed by atoms with van der Waals surface area (Å²) < 4.78 is 10.9. The smallest absolute Gasteiger partial charge is 0.254 e. The first kappa shape index (κ1) is 23.5. The largest absolute Gasteiger partial charge is 0.493 e. The third-order valence-electron chi connectivity index (χ3n) is 4.30. The van der Waals surface area contributed by atoms with E-state index >= 15 is 0 Å². The summed E-state index contributed by atoms with van der Waals surface area (Å²) in [6.45, 7) is 5.45. The van der Waals surface area contributed by atoms with Crippen molar-refractivity contribution in [2.75, 3.05) is 27.3 Å². The number of benzene rings is 2. The number of carbonyl (C=O) groups excluding carboxylic acids is 1. The highest BCUT2D eigenvalue weighted by Crippen LogP contribution is 2.33. The molecule has 0 bridgehead atoms. The van der Waals surface area contributed by atoms with Crippen molar-refractivity contribution in [1.29, 1.82) is 0 Å². The molecular weight excluding hydrogens is 376 g/mol. The van der Waals surface area contributed by atoms with E-state index in [9.17, 15) is 4.79 Å². The Balaban J connectivity index is 0.00000392. The van der Waals surface area contributed by atoms with Crippen LogP contribution in [0.3, 0.4) is 0 Å². The predicted molar refractivity (Wildman–Crippen MR) is 116 cm³/mol. The summed E-state index contributed by atoms with van der Waals surface area (Å²) in [5.41, 5.74) is 8.19. The van der Waals surface area contributed by atoms with Gasteiger partial charge in [0.05, 0.1) is 14.2 Å². The quantitative estimate of drug-likeness (QED) is 0.611. The van der Waals surface area contributed by atoms with Crippen LogP contribution in [0.1, 0.15) is 27.9 Å². The van der Waals surface area contributed by atoms with Gasteiger partial charge in [-0.1, -0.05) is 36.4 Å². The topological polar surface area (TPSA) is 64.8 Å². The van der Waals surface area contributed by atoms with E-state index < -0.39 is 0 Å². The number of nitrogens with two attached hydrogens (primary N) is 1. The van der Waals surface area contributed by atoms with E-state index in [0.29, 0.717) is 43.1 Å². The molecule has 28 heavy (non-hydrogen) atoms. The van der Waals surface area contributed by atoms with Crippen LogP contribution in [0.15, 0.2) is 55.1 Å². The number of ether oxygens (including phenoxy) is 2. The molecule has 0 saturated heterocycles. The summed E-state index contributed by atoms with van der Waals surface area (Å²) >= 11 is 0. The molecule has 0 saturated carbocycles. The van der Waals surface area contributed by atoms with Crippen LogP contribution >= 0.6 is 12.4 Å². The minimum atomic E-state index is -0.0569. The number of halogens is 1. The molecule has 0 atom stereocenters. The molecule has 0 spiro atoms. The number of carbonyl (C=O) groups is 1. The highest BCUT2D eigenvalue weighted by Gasteiger charge is 2.20. The lowest BCUT2D eigenvalue weighted by molar-refractivity contribution is 0.0741. The van der Waals surface area contributed by atoms with Gasteiger partial charge in [-0.05, 0) is 37.1 Å². The summed E-state index contributed by atoms with van der Waals surface area (Å²) in [5, 5.41) is 0. The van der Waals surface area contributed by atoms with E-state index in [2.05, 4.69) is 6.58 Å². The van der Waals surface area contributed by atoms with Crippen LogP contribution in [0.25, 0.3) is 0 Å². The Hall–Kier alpha value is -2.50. The maximum Gasteiger partial charge on any atom is 0.254 e. The molecular formula is C22H29ClN2O3. The fourth-order valence-electron chi connectivity index (χ4n) is 2.99. The second-order valence-electron chi connectivity index (χ2n) is 6.22. The number of methoxy groups -OCH3 is 2. The minimum Gasteiger partial charge on any atom is -0.493 e. The van der Waals surface area contributed by atoms with Crippen molar-refractivity contribution in [1.82, 2.24) is 4.90 Å². The zero-order valence-corrected chi connectivity index (χ0v) is 17.3. The number of nitrogens with zero attached hydrogens (tertiary/aromatic N) is 1. The number of amides is 1. The van der Waals surface area contributed by atoms with Crippen molar-refractivity contribution < 1.29 is 14.3 Å². The molecule has 0 unspecified atom stereocenters. The van der Waals surface area contributed by atoms with Crippen LogP contribution in [0, 0.1) is 0 Å². The van der Waals surface area contributed by atoms with Gasteiger partial charge in [0.1, 0.15) is 0 Å². The van der Waals surface area contributed by atoms with Crippen LogP contribution in [0.4, 0.5) is 0 Å². The van der Waals surface area contributed by atoms with Gasteiger partial charge >= 0.3 is 0 Å². The fourth-order valence-corrected chi connectivity index (χ4v) is 2.99. The third kappa shape index (κ3) is 6.01. The molecule has 2 N–H and O–H groups in total. The van der Waals surface area contributed by atoms with Crippen molar-refractivity contribution >= 4 is 18.3 Å². The monoisotopic (exact) mass is 404 g/mol. The van der Waals surface area contributed by atoms with E-state index in [-0.39, 0.29) is 18.3 Å². The van der Waals surface area contributed by atoms with Gasteiger partial charge in [0, 0.05) is 24.2 Å². The van der Waals surface area contributed by atoms with Crippen molar-refractivity contribution in [3.63, 3.8) is 0 Å². The van der Waals surface area contributed by atoms with E-state index in [4.69, 9.17) is 15.2 Å². The highest BCUT2D eigenvalue weighted by atomic mass is 35.5. The molecule has 0 aliphatic heterocycles. The fraction of sp³-hybridized carbons (Fsp3) is 0.318. The van der Waals surface area contributed by atoms with Gasteiger partial charge in [-0.15, -0.1) is 19.0 Å². The molecule has 0 aliphatic carbocycles. The Morgan fingerprint density at radius 2 is 1.89 bits per heavy atom. The lowest BCUT2D eigenvalue weighted by Crippen LogP contribution is -2.32. The van der Waals surface area contributed by atoms with Crippen molar-refractivity contribution in [2.24, 2.45) is 5.73 Å². The van der Waals surface area contributed by atoms with Gasteiger partial charge in [-0.3, -0.25) is 4.79 Å². The molecule has 2 aromatic carbocycles. The molecule has 2 rings (SSSR count). The van der Waals surface area contributed by atoms with Crippen molar-refractivity contribution in [3.8, 4) is 11.5 Å². The normalized spacial score (nSPS) is 9.96. The average Bonchev–Trinajstić information content (AvgIpc) is 2.70. The summed E-state index contributed by atoms with van der Waals surface area (Å²) in [6.07, 6.45) is 3.11. The first-order valence-electron chi connectivity index (χ1n) is 9.03. The second-order valence-corrected chi connectivity index (χ2v) is 6.22. The number of hydrogen-bond acceptors (Lipinski definition) is 4. The van der Waals surface area contributed by atoms with E-state index in [1.54, 1.807) is 26.4 Å². The molecule has 6 heteroatoms. The lowest BCUT2D eigenvalue weighted by Gasteiger charge is -2.24. The SMILES string of the molecule is C=CCc1cc(C(=O)N(CCCN)Cc2ccccc2)cc(OC)c1OC.Cl. The maximum atomic E-state index is 13.2. The van der Waals surface area contributed by atoms with Crippen molar-refractivity contribution in [3.05, 3.63) is 71.8 Å². The first-order chi connectivity index (χ1) is 13.1. The summed E-state index contributed by atoms with van der Waals surface area (Å²) in [5.74, 6) is 1.11. The van der Waals surface area contributed by atoms with Crippen LogP contribution in [-0.4, -0.2) is 38.1 Å². The summed E-state index contributed by atoms with van der Waals surface area (Å²) in [6, 6.07) is 13.5. The maximum absolute atomic E-state index is 13.2. The first-order valence-corrected chi connectivity index (χ1v) is 9.03. The zero-order valence-electron chi connectivity index (χ0n) is 16.5. The summed E-state index contributed by atoms with van der Waals surface area (Å²) in [7, 11) is 3.16. The Labute approximate surface area is 173 Å². The van der Waals surface area contributed by atoms with Crippen LogP contribution in [0.2, 0.25) is 0 Å². The lowest BCUT2D eigenvalue weighted by atomic mass is 10.0. The molecule has 152 valence electrons. The van der Waals surface area contributed by atoms with E-state index in [1.165, 1.54) is 0 Å². The third-order valence-corrected chi connectivity index (χ3v) is 4.30. The van der Waals surface area contributed by atoms with Crippen LogP contribution in [-0.2, 0) is 13.0 Å². The second kappa shape index (κ2) is 12.1.